The van der Waals surface area contributed by atoms with Gasteiger partial charge >= 0.3 is 0 Å². The molecule has 0 radical (unpaired) electrons. The summed E-state index contributed by atoms with van der Waals surface area (Å²) in [5.74, 6) is -3.21. The van der Waals surface area contributed by atoms with Crippen LogP contribution in [0.25, 0.3) is 0 Å². The summed E-state index contributed by atoms with van der Waals surface area (Å²) in [6.45, 7) is 1.36. The van der Waals surface area contributed by atoms with E-state index in [2.05, 4.69) is 0 Å². The highest BCUT2D eigenvalue weighted by Crippen LogP contribution is 2.23. The van der Waals surface area contributed by atoms with Crippen molar-refractivity contribution in [1.82, 2.24) is 0 Å². The van der Waals surface area contributed by atoms with Crippen LogP contribution in [0.2, 0.25) is 0 Å². The number of carbonyl (C=O) groups excluding carboxylic acids is 4. The highest BCUT2D eigenvalue weighted by Gasteiger charge is 2.33. The van der Waals surface area contributed by atoms with E-state index in [9.17, 15) is 19.2 Å². The topological polar surface area (TPSA) is 68.3 Å². The average molecular weight is 322 g/mol. The second-order valence-corrected chi connectivity index (χ2v) is 5.56. The van der Waals surface area contributed by atoms with Crippen molar-refractivity contribution < 1.29 is 19.2 Å². The maximum absolute atomic E-state index is 12.8. The molecule has 1 atom stereocenters. The lowest BCUT2D eigenvalue weighted by Crippen LogP contribution is -2.29. The van der Waals surface area contributed by atoms with Crippen molar-refractivity contribution in [3.05, 3.63) is 71.8 Å². The fraction of sp³-hybridized carbons (Fsp3) is 0.200. The van der Waals surface area contributed by atoms with E-state index in [-0.39, 0.29) is 18.6 Å². The second kappa shape index (κ2) is 8.11. The standard InChI is InChI=1S/C20H18O4/c1-14(21)12-13-17(22)20(24)18(15-8-4-2-5-9-15)19(23)16-10-6-3-7-11-16/h2-11,18H,12-13H2,1H3. The summed E-state index contributed by atoms with van der Waals surface area (Å²) in [6, 6.07) is 16.9. The molecular weight excluding hydrogens is 304 g/mol. The molecular formula is C20H18O4. The third-order valence-corrected chi connectivity index (χ3v) is 3.69. The van der Waals surface area contributed by atoms with E-state index < -0.39 is 23.3 Å². The zero-order chi connectivity index (χ0) is 17.5. The lowest BCUT2D eigenvalue weighted by Gasteiger charge is -2.14. The number of ketones is 4. The number of benzene rings is 2. The zero-order valence-corrected chi connectivity index (χ0v) is 13.4. The summed E-state index contributed by atoms with van der Waals surface area (Å²) in [7, 11) is 0. The van der Waals surface area contributed by atoms with Gasteiger partial charge in [0.25, 0.3) is 0 Å². The number of rotatable bonds is 8. The molecule has 0 bridgehead atoms. The van der Waals surface area contributed by atoms with Gasteiger partial charge in [-0.25, -0.2) is 0 Å². The van der Waals surface area contributed by atoms with Gasteiger partial charge in [0.05, 0.1) is 0 Å². The molecule has 0 saturated heterocycles. The average Bonchev–Trinajstić information content (AvgIpc) is 2.61. The molecule has 24 heavy (non-hydrogen) atoms. The molecule has 0 fully saturated rings. The van der Waals surface area contributed by atoms with Gasteiger partial charge in [0, 0.05) is 18.4 Å². The maximum Gasteiger partial charge on any atom is 0.213 e. The van der Waals surface area contributed by atoms with Gasteiger partial charge in [-0.3, -0.25) is 14.4 Å². The Bertz CT molecular complexity index is 748. The highest BCUT2D eigenvalue weighted by molar-refractivity contribution is 6.44. The molecule has 0 amide bonds. The van der Waals surface area contributed by atoms with Crippen LogP contribution in [0.3, 0.4) is 0 Å². The van der Waals surface area contributed by atoms with Crippen molar-refractivity contribution in [2.45, 2.75) is 25.7 Å². The monoisotopic (exact) mass is 322 g/mol. The zero-order valence-electron chi connectivity index (χ0n) is 13.4. The van der Waals surface area contributed by atoms with Gasteiger partial charge in [0.15, 0.2) is 11.6 Å². The summed E-state index contributed by atoms with van der Waals surface area (Å²) in [5.41, 5.74) is 0.853. The van der Waals surface area contributed by atoms with Crippen LogP contribution >= 0.6 is 0 Å². The van der Waals surface area contributed by atoms with Gasteiger partial charge in [0.2, 0.25) is 5.78 Å². The number of Topliss-reactive ketones (excluding diaryl/α,β-unsaturated/α-hetero) is 4. The van der Waals surface area contributed by atoms with E-state index in [1.807, 2.05) is 0 Å². The van der Waals surface area contributed by atoms with Crippen LogP contribution in [0.15, 0.2) is 60.7 Å². The lowest BCUT2D eigenvalue weighted by atomic mass is 9.85. The van der Waals surface area contributed by atoms with E-state index >= 15 is 0 Å². The van der Waals surface area contributed by atoms with Crippen molar-refractivity contribution in [2.75, 3.05) is 0 Å². The summed E-state index contributed by atoms with van der Waals surface area (Å²) < 4.78 is 0. The molecule has 0 N–H and O–H groups in total. The Morgan fingerprint density at radius 3 is 1.88 bits per heavy atom. The molecule has 0 heterocycles. The van der Waals surface area contributed by atoms with E-state index in [1.54, 1.807) is 60.7 Å². The van der Waals surface area contributed by atoms with E-state index in [0.29, 0.717) is 11.1 Å². The van der Waals surface area contributed by atoms with Crippen molar-refractivity contribution in [1.29, 1.82) is 0 Å². The summed E-state index contributed by atoms with van der Waals surface area (Å²) in [4.78, 5) is 48.6. The Hall–Kier alpha value is -2.88. The van der Waals surface area contributed by atoms with Gasteiger partial charge in [-0.05, 0) is 12.5 Å². The summed E-state index contributed by atoms with van der Waals surface area (Å²) in [5, 5.41) is 0. The quantitative estimate of drug-likeness (QED) is 0.425. The van der Waals surface area contributed by atoms with Crippen LogP contribution in [0.1, 0.15) is 41.6 Å². The molecule has 122 valence electrons. The Kier molecular flexibility index (Phi) is 5.90. The van der Waals surface area contributed by atoms with Crippen LogP contribution in [-0.2, 0) is 14.4 Å². The lowest BCUT2D eigenvalue weighted by molar-refractivity contribution is -0.137. The Morgan fingerprint density at radius 1 is 0.792 bits per heavy atom. The Labute approximate surface area is 140 Å². The molecule has 0 saturated carbocycles. The molecule has 4 heteroatoms. The van der Waals surface area contributed by atoms with E-state index in [0.717, 1.165) is 0 Å². The van der Waals surface area contributed by atoms with Crippen molar-refractivity contribution in [2.24, 2.45) is 0 Å². The van der Waals surface area contributed by atoms with E-state index in [4.69, 9.17) is 0 Å². The smallest absolute Gasteiger partial charge is 0.213 e. The Morgan fingerprint density at radius 2 is 1.33 bits per heavy atom. The predicted octanol–water partition coefficient (Wildman–Crippen LogP) is 3.16. The van der Waals surface area contributed by atoms with Crippen LogP contribution < -0.4 is 0 Å². The molecule has 2 rings (SSSR count). The van der Waals surface area contributed by atoms with Crippen LogP contribution in [0.5, 0.6) is 0 Å². The third-order valence-electron chi connectivity index (χ3n) is 3.69. The second-order valence-electron chi connectivity index (χ2n) is 5.56. The molecule has 0 aliphatic carbocycles. The molecule has 4 nitrogen and oxygen atoms in total. The Balaban J connectivity index is 2.33. The maximum atomic E-state index is 12.8. The summed E-state index contributed by atoms with van der Waals surface area (Å²) in [6.07, 6.45) is -0.162. The number of carbonyl (C=O) groups is 4. The number of hydrogen-bond donors (Lipinski definition) is 0. The minimum atomic E-state index is -1.17. The van der Waals surface area contributed by atoms with Gasteiger partial charge in [-0.1, -0.05) is 60.7 Å². The van der Waals surface area contributed by atoms with Crippen molar-refractivity contribution >= 4 is 23.1 Å². The third kappa shape index (κ3) is 4.32. The van der Waals surface area contributed by atoms with Crippen LogP contribution in [0, 0.1) is 0 Å². The first-order valence-electron chi connectivity index (χ1n) is 7.71. The molecule has 0 aliphatic rings. The first-order chi connectivity index (χ1) is 11.5. The largest absolute Gasteiger partial charge is 0.300 e. The molecule has 0 aromatic heterocycles. The normalized spacial score (nSPS) is 11.5. The van der Waals surface area contributed by atoms with Gasteiger partial charge in [-0.15, -0.1) is 0 Å². The minimum absolute atomic E-state index is 0.00557. The number of hydrogen-bond acceptors (Lipinski definition) is 4. The van der Waals surface area contributed by atoms with Gasteiger partial charge in [0.1, 0.15) is 11.7 Å². The van der Waals surface area contributed by atoms with Gasteiger partial charge in [-0.2, -0.15) is 0 Å². The predicted molar refractivity (Wildman–Crippen MR) is 89.9 cm³/mol. The first-order valence-corrected chi connectivity index (χ1v) is 7.71. The van der Waals surface area contributed by atoms with Crippen LogP contribution in [-0.4, -0.2) is 23.1 Å². The van der Waals surface area contributed by atoms with Crippen molar-refractivity contribution in [3.63, 3.8) is 0 Å². The molecule has 2 aromatic carbocycles. The van der Waals surface area contributed by atoms with Crippen LogP contribution in [0.4, 0.5) is 0 Å². The fourth-order valence-corrected chi connectivity index (χ4v) is 2.41. The molecule has 0 aliphatic heterocycles. The van der Waals surface area contributed by atoms with Gasteiger partial charge < -0.3 is 4.79 Å². The molecule has 1 unspecified atom stereocenters. The fourth-order valence-electron chi connectivity index (χ4n) is 2.41. The minimum Gasteiger partial charge on any atom is -0.300 e. The molecule has 0 spiro atoms. The van der Waals surface area contributed by atoms with E-state index in [1.165, 1.54) is 6.92 Å². The highest BCUT2D eigenvalue weighted by atomic mass is 16.2. The summed E-state index contributed by atoms with van der Waals surface area (Å²) >= 11 is 0. The van der Waals surface area contributed by atoms with Crippen molar-refractivity contribution in [3.8, 4) is 0 Å². The first kappa shape index (κ1) is 17.5. The molecule has 2 aromatic rings. The SMILES string of the molecule is CC(=O)CCC(=O)C(=O)C(C(=O)c1ccccc1)c1ccccc1.